The summed E-state index contributed by atoms with van der Waals surface area (Å²) in [5, 5.41) is 8.38. The normalized spacial score (nSPS) is 15.1. The maximum Gasteiger partial charge on any atom is 0.327 e. The van der Waals surface area contributed by atoms with Gasteiger partial charge in [0.05, 0.1) is 5.84 Å². The van der Waals surface area contributed by atoms with Crippen LogP contribution in [0.2, 0.25) is 0 Å². The van der Waals surface area contributed by atoms with Crippen LogP contribution in [0.15, 0.2) is 16.9 Å². The lowest BCUT2D eigenvalue weighted by Gasteiger charge is -2.02. The molecule has 0 aliphatic rings. The van der Waals surface area contributed by atoms with Gasteiger partial charge in [0.1, 0.15) is 5.83 Å². The number of carboxylic acid groups (broad SMARTS) is 1. The van der Waals surface area contributed by atoms with Crippen molar-refractivity contribution in [1.29, 1.82) is 0 Å². The molecule has 0 saturated heterocycles. The number of halogens is 1. The predicted octanol–water partition coefficient (Wildman–Crippen LogP) is 0.409. The van der Waals surface area contributed by atoms with Crippen LogP contribution in [0.3, 0.4) is 0 Å². The van der Waals surface area contributed by atoms with E-state index >= 15 is 0 Å². The number of nitrogens with two attached hydrogens (primary N) is 2. The molecule has 0 radical (unpaired) electrons. The zero-order valence-corrected chi connectivity index (χ0v) is 8.61. The quantitative estimate of drug-likeness (QED) is 0.340. The van der Waals surface area contributed by atoms with Crippen LogP contribution in [0, 0.1) is 0 Å². The molecule has 6 heteroatoms. The molecule has 0 aromatic heterocycles. The molecule has 1 atom stereocenters. The van der Waals surface area contributed by atoms with Crippen molar-refractivity contribution in [2.45, 2.75) is 25.8 Å². The molecular formula is C9H16FN3O2. The standard InChI is InChI=1S/C9H16FN3O2/c1-6(11)13-5-3-2-4-7(10)8(12)9(14)15/h4,8H,2-3,5,12H2,1H3,(H2,11,13)(H,14,15)/b7-4+. The first kappa shape index (κ1) is 13.6. The van der Waals surface area contributed by atoms with E-state index in [4.69, 9.17) is 16.6 Å². The monoisotopic (exact) mass is 217 g/mol. The van der Waals surface area contributed by atoms with E-state index in [-0.39, 0.29) is 0 Å². The van der Waals surface area contributed by atoms with Crippen molar-refractivity contribution in [3.8, 4) is 0 Å². The second-order valence-corrected chi connectivity index (χ2v) is 3.07. The number of rotatable bonds is 6. The van der Waals surface area contributed by atoms with Crippen LogP contribution in [-0.4, -0.2) is 29.5 Å². The Bertz CT molecular complexity index is 273. The molecule has 0 saturated carbocycles. The zero-order chi connectivity index (χ0) is 11.8. The first-order valence-corrected chi connectivity index (χ1v) is 4.55. The van der Waals surface area contributed by atoms with Crippen molar-refractivity contribution in [2.75, 3.05) is 6.54 Å². The van der Waals surface area contributed by atoms with Gasteiger partial charge in [-0.1, -0.05) is 6.08 Å². The minimum atomic E-state index is -1.57. The summed E-state index contributed by atoms with van der Waals surface area (Å²) in [5.41, 5.74) is 10.3. The highest BCUT2D eigenvalue weighted by molar-refractivity contribution is 5.77. The third-order valence-corrected chi connectivity index (χ3v) is 1.63. The first-order chi connectivity index (χ1) is 6.95. The second-order valence-electron chi connectivity index (χ2n) is 3.07. The molecule has 0 aromatic carbocycles. The Morgan fingerprint density at radius 1 is 1.67 bits per heavy atom. The van der Waals surface area contributed by atoms with Gasteiger partial charge in [-0.05, 0) is 19.8 Å². The van der Waals surface area contributed by atoms with Gasteiger partial charge in [-0.2, -0.15) is 0 Å². The summed E-state index contributed by atoms with van der Waals surface area (Å²) in [7, 11) is 0. The van der Waals surface area contributed by atoms with E-state index in [1.807, 2.05) is 0 Å². The van der Waals surface area contributed by atoms with Gasteiger partial charge in [-0.25, -0.2) is 4.39 Å². The first-order valence-electron chi connectivity index (χ1n) is 4.55. The van der Waals surface area contributed by atoms with E-state index in [9.17, 15) is 9.18 Å². The molecule has 0 rings (SSSR count). The topological polar surface area (TPSA) is 102 Å². The van der Waals surface area contributed by atoms with E-state index in [0.29, 0.717) is 25.2 Å². The molecule has 0 spiro atoms. The summed E-state index contributed by atoms with van der Waals surface area (Å²) in [6, 6.07) is -1.57. The number of carboxylic acids is 1. The van der Waals surface area contributed by atoms with Crippen molar-refractivity contribution in [1.82, 2.24) is 0 Å². The smallest absolute Gasteiger partial charge is 0.327 e. The highest BCUT2D eigenvalue weighted by Gasteiger charge is 2.16. The number of amidine groups is 1. The fraction of sp³-hybridized carbons (Fsp3) is 0.556. The third kappa shape index (κ3) is 6.62. The van der Waals surface area contributed by atoms with Crippen LogP contribution < -0.4 is 11.5 Å². The number of allylic oxidation sites excluding steroid dienone is 1. The maximum absolute atomic E-state index is 12.9. The highest BCUT2D eigenvalue weighted by atomic mass is 19.1. The SMILES string of the molecule is CC(N)=NCCC/C=C(/F)C(N)C(=O)O. The number of unbranched alkanes of at least 4 members (excludes halogenated alkanes) is 1. The van der Waals surface area contributed by atoms with Crippen LogP contribution in [0.4, 0.5) is 4.39 Å². The molecule has 0 bridgehead atoms. The molecule has 5 N–H and O–H groups in total. The van der Waals surface area contributed by atoms with Crippen molar-refractivity contribution in [3.05, 3.63) is 11.9 Å². The molecule has 1 unspecified atom stereocenters. The molecule has 0 amide bonds. The van der Waals surface area contributed by atoms with Crippen LogP contribution in [0.1, 0.15) is 19.8 Å². The van der Waals surface area contributed by atoms with Gasteiger partial charge in [0.2, 0.25) is 0 Å². The Morgan fingerprint density at radius 3 is 2.73 bits per heavy atom. The lowest BCUT2D eigenvalue weighted by Crippen LogP contribution is -2.30. The van der Waals surface area contributed by atoms with Crippen molar-refractivity contribution >= 4 is 11.8 Å². The third-order valence-electron chi connectivity index (χ3n) is 1.63. The molecule has 0 heterocycles. The van der Waals surface area contributed by atoms with Crippen LogP contribution in [-0.2, 0) is 4.79 Å². The van der Waals surface area contributed by atoms with Crippen LogP contribution in [0.5, 0.6) is 0 Å². The average Bonchev–Trinajstić information content (AvgIpc) is 2.15. The lowest BCUT2D eigenvalue weighted by molar-refractivity contribution is -0.137. The lowest BCUT2D eigenvalue weighted by atomic mass is 10.2. The number of hydrogen-bond donors (Lipinski definition) is 3. The van der Waals surface area contributed by atoms with E-state index in [1.165, 1.54) is 6.08 Å². The fourth-order valence-corrected chi connectivity index (χ4v) is 0.832. The Morgan fingerprint density at radius 2 is 2.27 bits per heavy atom. The Labute approximate surface area is 87.7 Å². The summed E-state index contributed by atoms with van der Waals surface area (Å²) in [5.74, 6) is -1.72. The number of hydrogen-bond acceptors (Lipinski definition) is 3. The van der Waals surface area contributed by atoms with Crippen molar-refractivity contribution in [2.24, 2.45) is 16.5 Å². The number of aliphatic carboxylic acids is 1. The van der Waals surface area contributed by atoms with Gasteiger partial charge in [0.15, 0.2) is 6.04 Å². The second kappa shape index (κ2) is 6.94. The highest BCUT2D eigenvalue weighted by Crippen LogP contribution is 2.05. The van der Waals surface area contributed by atoms with Gasteiger partial charge >= 0.3 is 5.97 Å². The Kier molecular flexibility index (Phi) is 6.28. The summed E-state index contributed by atoms with van der Waals surface area (Å²) < 4.78 is 12.9. The molecule has 86 valence electrons. The van der Waals surface area contributed by atoms with Gasteiger partial charge in [-0.15, -0.1) is 0 Å². The van der Waals surface area contributed by atoms with E-state index in [0.717, 1.165) is 0 Å². The molecule has 0 aliphatic carbocycles. The van der Waals surface area contributed by atoms with Crippen LogP contribution >= 0.6 is 0 Å². The molecular weight excluding hydrogens is 201 g/mol. The van der Waals surface area contributed by atoms with Crippen molar-refractivity contribution < 1.29 is 14.3 Å². The predicted molar refractivity (Wildman–Crippen MR) is 56.2 cm³/mol. The van der Waals surface area contributed by atoms with Gasteiger partial charge in [-0.3, -0.25) is 9.79 Å². The fourth-order valence-electron chi connectivity index (χ4n) is 0.832. The summed E-state index contributed by atoms with van der Waals surface area (Å²) in [6.45, 7) is 2.16. The molecule has 0 aromatic rings. The van der Waals surface area contributed by atoms with E-state index in [1.54, 1.807) is 6.92 Å². The Balaban J connectivity index is 3.87. The Hall–Kier alpha value is -1.43. The summed E-state index contributed by atoms with van der Waals surface area (Å²) in [4.78, 5) is 14.2. The number of nitrogens with zero attached hydrogens (tertiary/aromatic N) is 1. The zero-order valence-electron chi connectivity index (χ0n) is 8.61. The minimum Gasteiger partial charge on any atom is -0.480 e. The van der Waals surface area contributed by atoms with Crippen LogP contribution in [0.25, 0.3) is 0 Å². The van der Waals surface area contributed by atoms with Gasteiger partial charge < -0.3 is 16.6 Å². The van der Waals surface area contributed by atoms with E-state index in [2.05, 4.69) is 4.99 Å². The minimum absolute atomic E-state index is 0.392. The van der Waals surface area contributed by atoms with Crippen molar-refractivity contribution in [3.63, 3.8) is 0 Å². The maximum atomic E-state index is 12.9. The van der Waals surface area contributed by atoms with Gasteiger partial charge in [0.25, 0.3) is 0 Å². The number of carbonyl (C=O) groups is 1. The summed E-state index contributed by atoms with van der Waals surface area (Å²) >= 11 is 0. The molecule has 0 aliphatic heterocycles. The molecule has 15 heavy (non-hydrogen) atoms. The molecule has 0 fully saturated rings. The average molecular weight is 217 g/mol. The van der Waals surface area contributed by atoms with E-state index < -0.39 is 17.8 Å². The van der Waals surface area contributed by atoms with Gasteiger partial charge in [0, 0.05) is 6.54 Å². The summed E-state index contributed by atoms with van der Waals surface area (Å²) in [6.07, 6.45) is 2.16. The number of aliphatic imine (C=N–C) groups is 1. The largest absolute Gasteiger partial charge is 0.480 e. The molecule has 5 nitrogen and oxygen atoms in total.